The van der Waals surface area contributed by atoms with E-state index < -0.39 is 93.7 Å². The molecule has 0 aliphatic carbocycles. The zero-order valence-electron chi connectivity index (χ0n) is 29.2. The van der Waals surface area contributed by atoms with Gasteiger partial charge in [-0.2, -0.15) is 13.2 Å². The molecule has 0 fully saturated rings. The molecule has 2 N–H and O–H groups in total. The maximum absolute atomic E-state index is 16.5. The fraction of sp³-hybridized carbons (Fsp3) is 0.472. The minimum absolute atomic E-state index is 0.0724. The van der Waals surface area contributed by atoms with Crippen molar-refractivity contribution in [2.24, 2.45) is 5.92 Å². The first kappa shape index (κ1) is 41.2. The third-order valence-electron chi connectivity index (χ3n) is 8.37. The number of hydrogen-bond acceptors (Lipinski definition) is 4. The maximum atomic E-state index is 16.5. The molecular formula is C36H41F8N3O4. The van der Waals surface area contributed by atoms with Crippen LogP contribution in [0.25, 0.3) is 11.1 Å². The van der Waals surface area contributed by atoms with E-state index in [9.17, 15) is 45.8 Å². The van der Waals surface area contributed by atoms with E-state index in [-0.39, 0.29) is 41.5 Å². The largest absolute Gasteiger partial charge is 0.481 e. The molecule has 0 radical (unpaired) electrons. The fourth-order valence-corrected chi connectivity index (χ4v) is 6.15. The van der Waals surface area contributed by atoms with Crippen molar-refractivity contribution >= 4 is 11.9 Å². The second kappa shape index (κ2) is 16.0. The van der Waals surface area contributed by atoms with Crippen molar-refractivity contribution in [3.8, 4) is 11.1 Å². The summed E-state index contributed by atoms with van der Waals surface area (Å²) in [6.07, 6.45) is -5.30. The number of halogens is 8. The van der Waals surface area contributed by atoms with Crippen LogP contribution in [0, 0.1) is 37.2 Å². The van der Waals surface area contributed by atoms with Crippen LogP contribution in [0.1, 0.15) is 85.5 Å². The fourth-order valence-electron chi connectivity index (χ4n) is 6.15. The zero-order valence-corrected chi connectivity index (χ0v) is 29.2. The Labute approximate surface area is 290 Å². The molecule has 1 heterocycles. The first-order chi connectivity index (χ1) is 23.4. The number of rotatable bonds is 14. The Morgan fingerprint density at radius 1 is 0.941 bits per heavy atom. The third-order valence-corrected chi connectivity index (χ3v) is 8.37. The van der Waals surface area contributed by atoms with Crippen LogP contribution in [0.5, 0.6) is 0 Å². The number of benzene rings is 2. The molecule has 2 aromatic carbocycles. The summed E-state index contributed by atoms with van der Waals surface area (Å²) in [7, 11) is 3.44. The molecule has 0 aliphatic heterocycles. The second-order valence-corrected chi connectivity index (χ2v) is 13.5. The van der Waals surface area contributed by atoms with Crippen LogP contribution in [-0.2, 0) is 28.1 Å². The van der Waals surface area contributed by atoms with E-state index in [0.29, 0.717) is 25.6 Å². The Morgan fingerprint density at radius 2 is 1.53 bits per heavy atom. The van der Waals surface area contributed by atoms with Gasteiger partial charge < -0.3 is 19.9 Å². The molecule has 0 spiro atoms. The van der Waals surface area contributed by atoms with Crippen LogP contribution in [-0.4, -0.2) is 47.1 Å². The predicted octanol–water partition coefficient (Wildman–Crippen LogP) is 8.09. The van der Waals surface area contributed by atoms with Gasteiger partial charge >= 0.3 is 12.1 Å². The molecule has 0 aliphatic rings. The highest BCUT2D eigenvalue weighted by atomic mass is 19.4. The Kier molecular flexibility index (Phi) is 12.9. The lowest BCUT2D eigenvalue weighted by atomic mass is 9.88. The van der Waals surface area contributed by atoms with Gasteiger partial charge in [0.15, 0.2) is 0 Å². The minimum atomic E-state index is -4.91. The van der Waals surface area contributed by atoms with E-state index in [4.69, 9.17) is 0 Å². The molecule has 0 unspecified atom stereocenters. The molecule has 0 saturated heterocycles. The van der Waals surface area contributed by atoms with E-state index in [1.807, 2.05) is 0 Å². The summed E-state index contributed by atoms with van der Waals surface area (Å²) in [4.78, 5) is 40.9. The number of carbonyl (C=O) groups excluding carboxylic acids is 1. The molecule has 7 nitrogen and oxygen atoms in total. The number of aryl methyl sites for hydroxylation is 3. The average Bonchev–Trinajstić information content (AvgIpc) is 2.95. The number of nitrogens with one attached hydrogen (secondary N) is 1. The Hall–Kier alpha value is -4.27. The summed E-state index contributed by atoms with van der Waals surface area (Å²) < 4.78 is 119. The number of carboxylic acids is 1. The summed E-state index contributed by atoms with van der Waals surface area (Å²) in [6.45, 7) is 6.72. The Morgan fingerprint density at radius 3 is 2.02 bits per heavy atom. The minimum Gasteiger partial charge on any atom is -0.481 e. The first-order valence-corrected chi connectivity index (χ1v) is 16.1. The molecule has 3 rings (SSSR count). The molecule has 3 aromatic rings. The number of hydrogen-bond donors (Lipinski definition) is 2. The molecule has 51 heavy (non-hydrogen) atoms. The lowest BCUT2D eigenvalue weighted by molar-refractivity contribution is -0.139. The van der Waals surface area contributed by atoms with Crippen molar-refractivity contribution in [2.45, 2.75) is 84.5 Å². The van der Waals surface area contributed by atoms with Crippen molar-refractivity contribution in [1.82, 2.24) is 14.8 Å². The van der Waals surface area contributed by atoms with E-state index in [1.165, 1.54) is 13.8 Å². The molecule has 2 atom stereocenters. The SMILES string of the molecule is Cc1cc(F)cc(C)c1-c1cc(C(C)(F)F)c(F)c([C@H](CC(=O)O)NC(=O)[C@H](CC(C)C)n2cc(CCCN(C)C)c(C(F)(F)F)cc2=O)c1F. The molecule has 0 saturated carbocycles. The lowest BCUT2D eigenvalue weighted by Crippen LogP contribution is -2.41. The van der Waals surface area contributed by atoms with Gasteiger partial charge in [-0.05, 0) is 100 Å². The van der Waals surface area contributed by atoms with Crippen molar-refractivity contribution < 1.29 is 49.8 Å². The van der Waals surface area contributed by atoms with E-state index in [1.54, 1.807) is 32.8 Å². The van der Waals surface area contributed by atoms with Gasteiger partial charge in [0.25, 0.3) is 11.5 Å². The monoisotopic (exact) mass is 731 g/mol. The van der Waals surface area contributed by atoms with Gasteiger partial charge in [0.1, 0.15) is 23.5 Å². The van der Waals surface area contributed by atoms with Gasteiger partial charge in [-0.25, -0.2) is 22.0 Å². The highest BCUT2D eigenvalue weighted by Crippen LogP contribution is 2.41. The Balaban J connectivity index is 2.27. The highest BCUT2D eigenvalue weighted by molar-refractivity contribution is 5.82. The summed E-state index contributed by atoms with van der Waals surface area (Å²) in [6, 6.07) is -0.854. The smallest absolute Gasteiger partial charge is 0.416 e. The highest BCUT2D eigenvalue weighted by Gasteiger charge is 2.39. The van der Waals surface area contributed by atoms with Crippen molar-refractivity contribution in [3.05, 3.63) is 91.6 Å². The van der Waals surface area contributed by atoms with E-state index in [2.05, 4.69) is 5.32 Å². The molecule has 1 aromatic heterocycles. The average molecular weight is 732 g/mol. The number of pyridine rings is 1. The second-order valence-electron chi connectivity index (χ2n) is 13.5. The number of aliphatic carboxylic acids is 1. The van der Waals surface area contributed by atoms with Crippen LogP contribution >= 0.6 is 0 Å². The summed E-state index contributed by atoms with van der Waals surface area (Å²) in [5, 5.41) is 11.9. The number of amides is 1. The summed E-state index contributed by atoms with van der Waals surface area (Å²) in [5.41, 5.74) is -5.77. The third kappa shape index (κ3) is 9.95. The molecular weight excluding hydrogens is 690 g/mol. The van der Waals surface area contributed by atoms with Crippen molar-refractivity contribution in [2.75, 3.05) is 20.6 Å². The van der Waals surface area contributed by atoms with Gasteiger partial charge in [-0.1, -0.05) is 13.8 Å². The normalized spacial score (nSPS) is 13.5. The van der Waals surface area contributed by atoms with E-state index >= 15 is 8.78 Å². The predicted molar refractivity (Wildman–Crippen MR) is 175 cm³/mol. The van der Waals surface area contributed by atoms with Gasteiger partial charge in [-0.3, -0.25) is 14.4 Å². The summed E-state index contributed by atoms with van der Waals surface area (Å²) >= 11 is 0. The number of carbonyl (C=O) groups is 2. The number of carboxylic acid groups (broad SMARTS) is 1. The van der Waals surface area contributed by atoms with Crippen LogP contribution < -0.4 is 10.9 Å². The quantitative estimate of drug-likeness (QED) is 0.164. The van der Waals surface area contributed by atoms with Crippen LogP contribution in [0.15, 0.2) is 35.3 Å². The first-order valence-electron chi connectivity index (χ1n) is 16.1. The van der Waals surface area contributed by atoms with Gasteiger partial charge in [0.2, 0.25) is 5.91 Å². The number of aromatic nitrogens is 1. The molecule has 0 bridgehead atoms. The maximum Gasteiger partial charge on any atom is 0.416 e. The van der Waals surface area contributed by atoms with Gasteiger partial charge in [0, 0.05) is 30.3 Å². The van der Waals surface area contributed by atoms with Crippen LogP contribution in [0.4, 0.5) is 35.1 Å². The standard InChI is InChI=1S/C36H41F8N3O4/c1-18(2)11-27(47-17-21(9-8-10-46(6)7)24(15-28(47)48)36(42,43)44)34(51)45-26(16-29(49)50)31-32(38)23(14-25(33(31)39)35(5,40)41)30-19(3)12-22(37)13-20(30)4/h12-15,17-18,26-27H,8-11,16H2,1-7H3,(H,45,51)(H,49,50)/t26-,27-/m0/s1. The number of nitrogens with zero attached hydrogens (tertiary/aromatic N) is 2. The van der Waals surface area contributed by atoms with Crippen LogP contribution in [0.3, 0.4) is 0 Å². The topological polar surface area (TPSA) is 91.6 Å². The molecule has 15 heteroatoms. The summed E-state index contributed by atoms with van der Waals surface area (Å²) in [5.74, 6) is -11.3. The Bertz CT molecular complexity index is 1810. The lowest BCUT2D eigenvalue weighted by Gasteiger charge is -2.28. The molecule has 280 valence electrons. The number of alkyl halides is 5. The zero-order chi connectivity index (χ0) is 38.7. The van der Waals surface area contributed by atoms with Gasteiger partial charge in [-0.15, -0.1) is 0 Å². The van der Waals surface area contributed by atoms with E-state index in [0.717, 1.165) is 22.9 Å². The van der Waals surface area contributed by atoms with Gasteiger partial charge in [0.05, 0.1) is 23.6 Å². The van der Waals surface area contributed by atoms with Crippen molar-refractivity contribution in [3.63, 3.8) is 0 Å². The molecule has 1 amide bonds. The van der Waals surface area contributed by atoms with Crippen molar-refractivity contribution in [1.29, 1.82) is 0 Å². The van der Waals surface area contributed by atoms with Crippen LogP contribution in [0.2, 0.25) is 0 Å².